The smallest absolute Gasteiger partial charge is 0.260 e. The van der Waals surface area contributed by atoms with Crippen LogP contribution in [0, 0.1) is 12.8 Å². The molecule has 8 heteroatoms. The highest BCUT2D eigenvalue weighted by Gasteiger charge is 2.38. The van der Waals surface area contributed by atoms with Gasteiger partial charge in [0.05, 0.1) is 0 Å². The third kappa shape index (κ3) is 4.27. The summed E-state index contributed by atoms with van der Waals surface area (Å²) in [7, 11) is 0. The minimum atomic E-state index is -2.44. The van der Waals surface area contributed by atoms with Gasteiger partial charge in [0.1, 0.15) is 24.7 Å². The monoisotopic (exact) mass is 391 g/mol. The molecule has 0 amide bonds. The molecule has 0 aliphatic carbocycles. The fraction of sp³-hybridized carbons (Fsp3) is 0.600. The second-order valence-corrected chi connectivity index (χ2v) is 7.78. The van der Waals surface area contributed by atoms with E-state index in [-0.39, 0.29) is 6.04 Å². The van der Waals surface area contributed by atoms with Crippen LogP contribution in [0.15, 0.2) is 30.6 Å². The molecular formula is C20H27F2N5O. The van der Waals surface area contributed by atoms with Gasteiger partial charge in [-0.3, -0.25) is 4.90 Å². The van der Waals surface area contributed by atoms with E-state index < -0.39 is 12.5 Å². The van der Waals surface area contributed by atoms with E-state index in [1.807, 2.05) is 31.2 Å². The molecule has 0 bridgehead atoms. The Labute approximate surface area is 163 Å². The molecule has 152 valence electrons. The average molecular weight is 391 g/mol. The van der Waals surface area contributed by atoms with E-state index in [2.05, 4.69) is 20.3 Å². The molecule has 2 aliphatic heterocycles. The van der Waals surface area contributed by atoms with E-state index in [1.165, 1.54) is 16.6 Å². The van der Waals surface area contributed by atoms with Crippen molar-refractivity contribution in [3.63, 3.8) is 0 Å². The van der Waals surface area contributed by atoms with E-state index in [0.717, 1.165) is 38.2 Å². The standard InChI is InChI=1S/C20H27F2N5O/c1-14-4-2-6-16(10-14)28-9-8-26-7-3-5-15(12-26)17-11-18(19(21)22)27-20(25-17)23-13-24-27/h2,4,6,10,13,15,17-19H,3,5,7-9,11-12H2,1H3,(H,23,24,25)/t15?,17-,18+/m0/s1. The zero-order valence-corrected chi connectivity index (χ0v) is 16.1. The van der Waals surface area contributed by atoms with Gasteiger partial charge in [0.2, 0.25) is 5.95 Å². The van der Waals surface area contributed by atoms with Crippen LogP contribution in [0.3, 0.4) is 0 Å². The molecule has 3 atom stereocenters. The molecule has 1 saturated heterocycles. The minimum absolute atomic E-state index is 0.00353. The molecule has 6 nitrogen and oxygen atoms in total. The van der Waals surface area contributed by atoms with Gasteiger partial charge in [-0.15, -0.1) is 0 Å². The summed E-state index contributed by atoms with van der Waals surface area (Å²) >= 11 is 0. The van der Waals surface area contributed by atoms with Crippen molar-refractivity contribution >= 4 is 5.95 Å². The molecule has 3 heterocycles. The number of piperidine rings is 1. The molecule has 0 radical (unpaired) electrons. The molecule has 28 heavy (non-hydrogen) atoms. The largest absolute Gasteiger partial charge is 0.492 e. The lowest BCUT2D eigenvalue weighted by atomic mass is 9.86. The molecule has 2 aliphatic rings. The first-order chi connectivity index (χ1) is 13.6. The van der Waals surface area contributed by atoms with E-state index in [4.69, 9.17) is 4.74 Å². The van der Waals surface area contributed by atoms with Crippen molar-refractivity contribution in [1.29, 1.82) is 0 Å². The van der Waals surface area contributed by atoms with E-state index in [9.17, 15) is 8.78 Å². The molecule has 1 aromatic carbocycles. The SMILES string of the molecule is Cc1cccc(OCCN2CCCC([C@@H]3C[C@H](C(F)F)n4ncnc4N3)C2)c1. The van der Waals surface area contributed by atoms with Gasteiger partial charge in [-0.25, -0.2) is 13.5 Å². The maximum absolute atomic E-state index is 13.5. The van der Waals surface area contributed by atoms with Crippen LogP contribution in [0.25, 0.3) is 0 Å². The number of benzene rings is 1. The number of nitrogens with zero attached hydrogens (tertiary/aromatic N) is 4. The van der Waals surface area contributed by atoms with Crippen LogP contribution in [0.4, 0.5) is 14.7 Å². The van der Waals surface area contributed by atoms with Crippen molar-refractivity contribution in [1.82, 2.24) is 19.7 Å². The Balaban J connectivity index is 1.32. The minimum Gasteiger partial charge on any atom is -0.492 e. The Morgan fingerprint density at radius 2 is 2.25 bits per heavy atom. The fourth-order valence-corrected chi connectivity index (χ4v) is 4.32. The molecule has 1 aromatic heterocycles. The van der Waals surface area contributed by atoms with Gasteiger partial charge in [-0.05, 0) is 56.3 Å². The molecule has 0 saturated carbocycles. The van der Waals surface area contributed by atoms with Gasteiger partial charge in [0.15, 0.2) is 0 Å². The first kappa shape index (κ1) is 19.1. The summed E-state index contributed by atoms with van der Waals surface area (Å²) in [6.45, 7) is 5.43. The molecule has 1 N–H and O–H groups in total. The zero-order valence-electron chi connectivity index (χ0n) is 16.1. The van der Waals surface area contributed by atoms with Crippen LogP contribution >= 0.6 is 0 Å². The van der Waals surface area contributed by atoms with Crippen molar-refractivity contribution in [2.75, 3.05) is 31.6 Å². The lowest BCUT2D eigenvalue weighted by molar-refractivity contribution is 0.0546. The van der Waals surface area contributed by atoms with Crippen LogP contribution in [0.1, 0.15) is 30.9 Å². The van der Waals surface area contributed by atoms with Crippen LogP contribution < -0.4 is 10.1 Å². The molecule has 4 rings (SSSR count). The van der Waals surface area contributed by atoms with Crippen LogP contribution in [-0.4, -0.2) is 58.4 Å². The number of hydrogen-bond donors (Lipinski definition) is 1. The van der Waals surface area contributed by atoms with Gasteiger partial charge < -0.3 is 10.1 Å². The first-order valence-corrected chi connectivity index (χ1v) is 9.96. The summed E-state index contributed by atoms with van der Waals surface area (Å²) in [6, 6.07) is 7.14. The molecule has 0 spiro atoms. The number of hydrogen-bond acceptors (Lipinski definition) is 5. The number of rotatable bonds is 6. The summed E-state index contributed by atoms with van der Waals surface area (Å²) in [4.78, 5) is 6.49. The van der Waals surface area contributed by atoms with E-state index in [0.29, 0.717) is 24.9 Å². The topological polar surface area (TPSA) is 55.2 Å². The Morgan fingerprint density at radius 1 is 1.36 bits per heavy atom. The summed E-state index contributed by atoms with van der Waals surface area (Å²) in [5, 5.41) is 7.30. The van der Waals surface area contributed by atoms with Gasteiger partial charge in [-0.2, -0.15) is 10.1 Å². The first-order valence-electron chi connectivity index (χ1n) is 9.96. The second kappa shape index (κ2) is 8.43. The number of aryl methyl sites for hydroxylation is 1. The zero-order chi connectivity index (χ0) is 19.5. The van der Waals surface area contributed by atoms with E-state index in [1.54, 1.807) is 0 Å². The maximum atomic E-state index is 13.5. The van der Waals surface area contributed by atoms with Gasteiger partial charge in [0, 0.05) is 19.1 Å². The lowest BCUT2D eigenvalue weighted by Crippen LogP contribution is -2.47. The third-order valence-electron chi connectivity index (χ3n) is 5.76. The molecule has 2 aromatic rings. The summed E-state index contributed by atoms with van der Waals surface area (Å²) in [5.74, 6) is 1.67. The van der Waals surface area contributed by atoms with Crippen LogP contribution in [0.2, 0.25) is 0 Å². The van der Waals surface area contributed by atoms with Crippen molar-refractivity contribution in [3.05, 3.63) is 36.2 Å². The highest BCUT2D eigenvalue weighted by Crippen LogP contribution is 2.34. The number of aromatic nitrogens is 3. The number of alkyl halides is 2. The molecule has 1 unspecified atom stereocenters. The summed E-state index contributed by atoms with van der Waals surface area (Å²) in [6.07, 6.45) is 1.39. The Kier molecular flexibility index (Phi) is 5.75. The number of anilines is 1. The quantitative estimate of drug-likeness (QED) is 0.818. The molecule has 1 fully saturated rings. The predicted octanol–water partition coefficient (Wildman–Crippen LogP) is 3.37. The highest BCUT2D eigenvalue weighted by atomic mass is 19.3. The number of halogens is 2. The van der Waals surface area contributed by atoms with Gasteiger partial charge >= 0.3 is 0 Å². The third-order valence-corrected chi connectivity index (χ3v) is 5.76. The number of nitrogens with one attached hydrogen (secondary N) is 1. The summed E-state index contributed by atoms with van der Waals surface area (Å²) in [5.41, 5.74) is 1.18. The van der Waals surface area contributed by atoms with Gasteiger partial charge in [-0.1, -0.05) is 12.1 Å². The van der Waals surface area contributed by atoms with E-state index >= 15 is 0 Å². The lowest BCUT2D eigenvalue weighted by Gasteiger charge is -2.40. The highest BCUT2D eigenvalue weighted by molar-refractivity contribution is 5.30. The van der Waals surface area contributed by atoms with Crippen molar-refractivity contribution in [2.24, 2.45) is 5.92 Å². The second-order valence-electron chi connectivity index (χ2n) is 7.78. The Bertz CT molecular complexity index is 783. The predicted molar refractivity (Wildman–Crippen MR) is 103 cm³/mol. The molecular weight excluding hydrogens is 364 g/mol. The van der Waals surface area contributed by atoms with Gasteiger partial charge in [0.25, 0.3) is 6.43 Å². The van der Waals surface area contributed by atoms with Crippen molar-refractivity contribution < 1.29 is 13.5 Å². The maximum Gasteiger partial charge on any atom is 0.260 e. The Hall–Kier alpha value is -2.22. The Morgan fingerprint density at radius 3 is 3.07 bits per heavy atom. The van der Waals surface area contributed by atoms with Crippen LogP contribution in [-0.2, 0) is 0 Å². The normalized spacial score (nSPS) is 25.4. The fourth-order valence-electron chi connectivity index (χ4n) is 4.32. The summed E-state index contributed by atoms with van der Waals surface area (Å²) < 4.78 is 34.2. The number of ether oxygens (including phenoxy) is 1. The average Bonchev–Trinajstić information content (AvgIpc) is 3.16. The van der Waals surface area contributed by atoms with Crippen molar-refractivity contribution in [3.8, 4) is 5.75 Å². The number of likely N-dealkylation sites (tertiary alicyclic amines) is 1. The van der Waals surface area contributed by atoms with Crippen LogP contribution in [0.5, 0.6) is 5.75 Å². The number of fused-ring (bicyclic) bond motifs is 1. The van der Waals surface area contributed by atoms with Crippen molar-refractivity contribution in [2.45, 2.75) is 44.7 Å².